The summed E-state index contributed by atoms with van der Waals surface area (Å²) in [7, 11) is 1.71. The highest BCUT2D eigenvalue weighted by Crippen LogP contribution is 2.21. The average molecular weight is 408 g/mol. The molecule has 30 heavy (non-hydrogen) atoms. The Labute approximate surface area is 177 Å². The molecular weight excluding hydrogens is 378 g/mol. The minimum atomic E-state index is -0.204. The zero-order chi connectivity index (χ0) is 20.8. The third-order valence-electron chi connectivity index (χ3n) is 5.67. The first-order valence-electron chi connectivity index (χ1n) is 10.4. The number of hydrogen-bond acceptors (Lipinski definition) is 6. The summed E-state index contributed by atoms with van der Waals surface area (Å²) in [6.07, 6.45) is -0.204. The summed E-state index contributed by atoms with van der Waals surface area (Å²) in [4.78, 5) is 4.83. The first-order chi connectivity index (χ1) is 14.8. The number of rotatable bonds is 8. The van der Waals surface area contributed by atoms with Crippen molar-refractivity contribution in [3.63, 3.8) is 0 Å². The molecule has 2 aromatic carbocycles. The molecule has 1 aliphatic rings. The second-order valence-corrected chi connectivity index (χ2v) is 7.55. The van der Waals surface area contributed by atoms with E-state index < -0.39 is 0 Å². The van der Waals surface area contributed by atoms with E-state index >= 15 is 0 Å². The van der Waals surface area contributed by atoms with Gasteiger partial charge in [-0.1, -0.05) is 48.5 Å². The molecule has 0 bridgehead atoms. The summed E-state index contributed by atoms with van der Waals surface area (Å²) in [6.45, 7) is 5.12. The van der Waals surface area contributed by atoms with E-state index in [4.69, 9.17) is 4.74 Å². The first kappa shape index (κ1) is 20.5. The second-order valence-electron chi connectivity index (χ2n) is 7.55. The summed E-state index contributed by atoms with van der Waals surface area (Å²) < 4.78 is 7.80. The molecule has 1 atom stereocenters. The lowest BCUT2D eigenvalue weighted by Gasteiger charge is -2.37. The van der Waals surface area contributed by atoms with Crippen molar-refractivity contribution in [2.45, 2.75) is 19.3 Å². The van der Waals surface area contributed by atoms with Crippen LogP contribution >= 0.6 is 0 Å². The fraction of sp³-hybridized carbons (Fsp3) is 0.391. The van der Waals surface area contributed by atoms with E-state index in [-0.39, 0.29) is 12.7 Å². The Morgan fingerprint density at radius 3 is 2.23 bits per heavy atom. The minimum absolute atomic E-state index is 0.147. The summed E-state index contributed by atoms with van der Waals surface area (Å²) in [5, 5.41) is 18.3. The number of benzene rings is 2. The summed E-state index contributed by atoms with van der Waals surface area (Å²) in [6, 6.07) is 20.7. The van der Waals surface area contributed by atoms with Crippen LogP contribution < -0.4 is 4.90 Å². The van der Waals surface area contributed by atoms with Crippen LogP contribution in [-0.4, -0.2) is 64.6 Å². The highest BCUT2D eigenvalue weighted by molar-refractivity contribution is 5.46. The van der Waals surface area contributed by atoms with Crippen molar-refractivity contribution in [3.05, 3.63) is 77.9 Å². The van der Waals surface area contributed by atoms with E-state index in [1.54, 1.807) is 7.11 Å². The molecule has 1 fully saturated rings. The number of methoxy groups -OCH3 is 1. The maximum Gasteiger partial charge on any atom is 0.163 e. The molecular formula is C23H29N5O2. The van der Waals surface area contributed by atoms with Crippen LogP contribution in [0.5, 0.6) is 0 Å². The monoisotopic (exact) mass is 407 g/mol. The fourth-order valence-electron chi connectivity index (χ4n) is 3.97. The molecule has 7 heteroatoms. The lowest BCUT2D eigenvalue weighted by atomic mass is 10.2. The van der Waals surface area contributed by atoms with Gasteiger partial charge in [-0.25, -0.2) is 0 Å². The maximum absolute atomic E-state index is 9.74. The molecule has 1 unspecified atom stereocenters. The zero-order valence-electron chi connectivity index (χ0n) is 17.4. The molecule has 1 aliphatic heterocycles. The van der Waals surface area contributed by atoms with Crippen LogP contribution in [-0.2, 0) is 17.9 Å². The molecule has 2 heterocycles. The summed E-state index contributed by atoms with van der Waals surface area (Å²) in [5.74, 6) is 1.32. The van der Waals surface area contributed by atoms with Crippen molar-refractivity contribution in [1.82, 2.24) is 19.7 Å². The number of ether oxygens (including phenoxy) is 1. The molecule has 0 spiro atoms. The van der Waals surface area contributed by atoms with E-state index in [0.717, 1.165) is 44.1 Å². The van der Waals surface area contributed by atoms with Gasteiger partial charge < -0.3 is 19.3 Å². The number of aliphatic hydroxyl groups is 1. The Kier molecular flexibility index (Phi) is 6.74. The first-order valence-corrected chi connectivity index (χ1v) is 10.4. The predicted molar refractivity (Wildman–Crippen MR) is 116 cm³/mol. The van der Waals surface area contributed by atoms with Crippen LogP contribution in [0.2, 0.25) is 0 Å². The molecule has 1 saturated heterocycles. The van der Waals surface area contributed by atoms with Crippen molar-refractivity contribution >= 4 is 5.69 Å². The normalized spacial score (nSPS) is 16.0. The molecule has 0 amide bonds. The van der Waals surface area contributed by atoms with Gasteiger partial charge in [-0.2, -0.15) is 0 Å². The van der Waals surface area contributed by atoms with Gasteiger partial charge in [-0.05, 0) is 17.7 Å². The van der Waals surface area contributed by atoms with Crippen molar-refractivity contribution in [1.29, 1.82) is 0 Å². The zero-order valence-corrected chi connectivity index (χ0v) is 17.4. The summed E-state index contributed by atoms with van der Waals surface area (Å²) in [5.41, 5.74) is 2.41. The van der Waals surface area contributed by atoms with Gasteiger partial charge in [0.2, 0.25) is 0 Å². The van der Waals surface area contributed by atoms with Gasteiger partial charge in [0, 0.05) is 45.5 Å². The molecule has 3 aromatic rings. The van der Waals surface area contributed by atoms with E-state index in [0.29, 0.717) is 12.4 Å². The third-order valence-corrected chi connectivity index (χ3v) is 5.67. The number of nitrogens with zero attached hydrogens (tertiary/aromatic N) is 5. The third kappa shape index (κ3) is 4.70. The number of hydrogen-bond donors (Lipinski definition) is 1. The number of para-hydroxylation sites is 1. The number of aliphatic hydroxyl groups excluding tert-OH is 1. The van der Waals surface area contributed by atoms with E-state index in [1.807, 2.05) is 22.8 Å². The molecule has 7 nitrogen and oxygen atoms in total. The van der Waals surface area contributed by atoms with Gasteiger partial charge in [-0.15, -0.1) is 10.2 Å². The van der Waals surface area contributed by atoms with Gasteiger partial charge in [-0.3, -0.25) is 4.90 Å². The lowest BCUT2D eigenvalue weighted by molar-refractivity contribution is 0.0527. The van der Waals surface area contributed by atoms with Crippen molar-refractivity contribution in [3.8, 4) is 0 Å². The smallest absolute Gasteiger partial charge is 0.163 e. The molecule has 0 saturated carbocycles. The Hall–Kier alpha value is -2.74. The lowest BCUT2D eigenvalue weighted by Crippen LogP contribution is -2.47. The topological polar surface area (TPSA) is 66.7 Å². The van der Waals surface area contributed by atoms with Crippen LogP contribution in [0, 0.1) is 0 Å². The van der Waals surface area contributed by atoms with Gasteiger partial charge in [0.1, 0.15) is 12.7 Å². The molecule has 4 rings (SSSR count). The molecule has 0 radical (unpaired) electrons. The van der Waals surface area contributed by atoms with Gasteiger partial charge in [0.25, 0.3) is 0 Å². The second kappa shape index (κ2) is 9.84. The fourth-order valence-corrected chi connectivity index (χ4v) is 3.97. The predicted octanol–water partition coefficient (Wildman–Crippen LogP) is 2.33. The van der Waals surface area contributed by atoms with Crippen LogP contribution in [0.25, 0.3) is 0 Å². The highest BCUT2D eigenvalue weighted by atomic mass is 16.5. The largest absolute Gasteiger partial charge is 0.388 e. The van der Waals surface area contributed by atoms with Crippen LogP contribution in [0.3, 0.4) is 0 Å². The number of aromatic nitrogens is 3. The minimum Gasteiger partial charge on any atom is -0.388 e. The Morgan fingerprint density at radius 2 is 1.60 bits per heavy atom. The van der Waals surface area contributed by atoms with E-state index in [1.165, 1.54) is 5.69 Å². The van der Waals surface area contributed by atoms with Crippen LogP contribution in [0.1, 0.15) is 23.3 Å². The number of piperazine rings is 1. The average Bonchev–Trinajstić information content (AvgIpc) is 3.21. The van der Waals surface area contributed by atoms with Crippen molar-refractivity contribution < 1.29 is 9.84 Å². The Morgan fingerprint density at radius 1 is 0.933 bits per heavy atom. The van der Waals surface area contributed by atoms with E-state index in [9.17, 15) is 5.11 Å². The van der Waals surface area contributed by atoms with Crippen molar-refractivity contribution in [2.75, 3.05) is 44.7 Å². The summed E-state index contributed by atoms with van der Waals surface area (Å²) >= 11 is 0. The van der Waals surface area contributed by atoms with Gasteiger partial charge in [0.05, 0.1) is 6.54 Å². The highest BCUT2D eigenvalue weighted by Gasteiger charge is 2.26. The number of anilines is 1. The maximum atomic E-state index is 9.74. The van der Waals surface area contributed by atoms with Crippen molar-refractivity contribution in [2.24, 2.45) is 0 Å². The SMILES string of the molecule is COC(CN1CCN(c2ccccc2)CC1)c1nnc(CO)n1Cc1ccccc1. The standard InChI is InChI=1S/C23H29N5O2/c1-30-21(17-26-12-14-27(15-13-26)20-10-6-3-7-11-20)23-25-24-22(18-29)28(23)16-19-8-4-2-5-9-19/h2-11,21,29H,12-18H2,1H3. The Bertz CT molecular complexity index is 908. The van der Waals surface area contributed by atoms with Gasteiger partial charge >= 0.3 is 0 Å². The molecule has 1 aromatic heterocycles. The van der Waals surface area contributed by atoms with Gasteiger partial charge in [0.15, 0.2) is 11.6 Å². The van der Waals surface area contributed by atoms with E-state index in [2.05, 4.69) is 62.5 Å². The molecule has 0 aliphatic carbocycles. The van der Waals surface area contributed by atoms with Crippen LogP contribution in [0.4, 0.5) is 5.69 Å². The quantitative estimate of drug-likeness (QED) is 0.618. The van der Waals surface area contributed by atoms with Crippen LogP contribution in [0.15, 0.2) is 60.7 Å². The molecule has 1 N–H and O–H groups in total. The molecule has 158 valence electrons. The Balaban J connectivity index is 1.44.